The van der Waals surface area contributed by atoms with Gasteiger partial charge in [-0.05, 0) is 50.5 Å². The normalized spacial score (nSPS) is 14.5. The smallest absolute Gasteiger partial charge is 0.272 e. The average molecular weight is 438 g/mol. The molecule has 6 nitrogen and oxygen atoms in total. The number of aromatic nitrogens is 2. The Labute approximate surface area is 178 Å². The van der Waals surface area contributed by atoms with Gasteiger partial charge in [0, 0.05) is 11.6 Å². The standard InChI is InChI=1S/C21H22ClF2N3O3/c1-11-7-16(27-20(25-11)9-17(28)13-3-4-13)21(29)26-12(2)14-5-6-18(15(22)8-14)30-10-19(23)24/h5-8,12-13,19H,3-4,9-10H2,1-2H3,(H,26,29). The third kappa shape index (κ3) is 5.95. The zero-order valence-electron chi connectivity index (χ0n) is 16.6. The van der Waals surface area contributed by atoms with Crippen LogP contribution in [0.1, 0.15) is 53.4 Å². The van der Waals surface area contributed by atoms with Crippen LogP contribution >= 0.6 is 11.6 Å². The molecular weight excluding hydrogens is 416 g/mol. The van der Waals surface area contributed by atoms with E-state index in [0.29, 0.717) is 17.1 Å². The first-order valence-corrected chi connectivity index (χ1v) is 9.99. The first kappa shape index (κ1) is 22.1. The van der Waals surface area contributed by atoms with Crippen molar-refractivity contribution in [2.75, 3.05) is 6.61 Å². The molecule has 1 aromatic heterocycles. The van der Waals surface area contributed by atoms with E-state index in [1.807, 2.05) is 0 Å². The highest BCUT2D eigenvalue weighted by atomic mass is 35.5. The van der Waals surface area contributed by atoms with Gasteiger partial charge in [0.05, 0.1) is 17.5 Å². The first-order chi connectivity index (χ1) is 14.2. The molecule has 1 aromatic carbocycles. The summed E-state index contributed by atoms with van der Waals surface area (Å²) < 4.78 is 29.5. The summed E-state index contributed by atoms with van der Waals surface area (Å²) in [5.41, 5.74) is 1.45. The van der Waals surface area contributed by atoms with E-state index in [0.717, 1.165) is 12.8 Å². The topological polar surface area (TPSA) is 81.2 Å². The highest BCUT2D eigenvalue weighted by Crippen LogP contribution is 2.31. The van der Waals surface area contributed by atoms with E-state index in [1.54, 1.807) is 32.0 Å². The molecule has 0 aliphatic heterocycles. The maximum atomic E-state index is 12.7. The number of alkyl halides is 2. The third-order valence-corrected chi connectivity index (χ3v) is 4.96. The molecular formula is C21H22ClF2N3O3. The van der Waals surface area contributed by atoms with Gasteiger partial charge in [0.25, 0.3) is 12.3 Å². The summed E-state index contributed by atoms with van der Waals surface area (Å²) in [4.78, 5) is 33.2. The van der Waals surface area contributed by atoms with Crippen LogP contribution in [0.4, 0.5) is 8.78 Å². The number of ketones is 1. The second-order valence-corrected chi connectivity index (χ2v) is 7.72. The first-order valence-electron chi connectivity index (χ1n) is 9.61. The highest BCUT2D eigenvalue weighted by molar-refractivity contribution is 6.32. The number of hydrogen-bond donors (Lipinski definition) is 1. The van der Waals surface area contributed by atoms with Gasteiger partial charge < -0.3 is 10.1 Å². The van der Waals surface area contributed by atoms with Crippen molar-refractivity contribution >= 4 is 23.3 Å². The molecule has 0 saturated heterocycles. The molecule has 30 heavy (non-hydrogen) atoms. The fraction of sp³-hybridized carbons (Fsp3) is 0.429. The lowest BCUT2D eigenvalue weighted by Gasteiger charge is -2.16. The van der Waals surface area contributed by atoms with E-state index in [2.05, 4.69) is 15.3 Å². The Balaban J connectivity index is 1.67. The zero-order valence-corrected chi connectivity index (χ0v) is 17.4. The lowest BCUT2D eigenvalue weighted by molar-refractivity contribution is -0.119. The summed E-state index contributed by atoms with van der Waals surface area (Å²) in [6.45, 7) is 2.75. The van der Waals surface area contributed by atoms with Gasteiger partial charge >= 0.3 is 0 Å². The third-order valence-electron chi connectivity index (χ3n) is 4.67. The van der Waals surface area contributed by atoms with E-state index < -0.39 is 25.0 Å². The molecule has 2 aromatic rings. The lowest BCUT2D eigenvalue weighted by Crippen LogP contribution is -2.28. The van der Waals surface area contributed by atoms with Gasteiger partial charge in [-0.25, -0.2) is 18.7 Å². The molecule has 0 bridgehead atoms. The number of rotatable bonds is 9. The molecule has 160 valence electrons. The fourth-order valence-electron chi connectivity index (χ4n) is 2.94. The van der Waals surface area contributed by atoms with Crippen molar-refractivity contribution in [3.8, 4) is 5.75 Å². The maximum absolute atomic E-state index is 12.7. The molecule has 1 fully saturated rings. The van der Waals surface area contributed by atoms with E-state index in [4.69, 9.17) is 16.3 Å². The summed E-state index contributed by atoms with van der Waals surface area (Å²) in [7, 11) is 0. The molecule has 1 N–H and O–H groups in total. The number of carbonyl (C=O) groups is 2. The Morgan fingerprint density at radius 1 is 1.27 bits per heavy atom. The minimum Gasteiger partial charge on any atom is -0.486 e. The summed E-state index contributed by atoms with van der Waals surface area (Å²) in [6.07, 6.45) is -0.661. The Kier molecular flexibility index (Phi) is 6.97. The maximum Gasteiger partial charge on any atom is 0.272 e. The molecule has 3 rings (SSSR count). The molecule has 1 amide bonds. The Bertz CT molecular complexity index is 951. The molecule has 1 unspecified atom stereocenters. The van der Waals surface area contributed by atoms with Crippen LogP contribution in [0, 0.1) is 12.8 Å². The number of nitrogens with zero attached hydrogens (tertiary/aromatic N) is 2. The van der Waals surface area contributed by atoms with Crippen LogP contribution in [0.25, 0.3) is 0 Å². The van der Waals surface area contributed by atoms with Crippen molar-refractivity contribution in [3.63, 3.8) is 0 Å². The zero-order chi connectivity index (χ0) is 21.8. The molecule has 1 aliphatic carbocycles. The van der Waals surface area contributed by atoms with Crippen LogP contribution in [0.3, 0.4) is 0 Å². The van der Waals surface area contributed by atoms with Gasteiger partial charge in [0.15, 0.2) is 0 Å². The van der Waals surface area contributed by atoms with E-state index in [9.17, 15) is 18.4 Å². The quantitative estimate of drug-likeness (QED) is 0.639. The number of ether oxygens (including phenoxy) is 1. The summed E-state index contributed by atoms with van der Waals surface area (Å²) in [6, 6.07) is 5.81. The second-order valence-electron chi connectivity index (χ2n) is 7.32. The number of hydrogen-bond acceptors (Lipinski definition) is 5. The predicted molar refractivity (Wildman–Crippen MR) is 107 cm³/mol. The molecule has 9 heteroatoms. The minimum atomic E-state index is -2.60. The molecule has 1 aliphatic rings. The molecule has 1 heterocycles. The van der Waals surface area contributed by atoms with Crippen molar-refractivity contribution < 1.29 is 23.1 Å². The summed E-state index contributed by atoms with van der Waals surface area (Å²) in [5.74, 6) is 0.277. The van der Waals surface area contributed by atoms with Gasteiger partial charge in [-0.1, -0.05) is 17.7 Å². The molecule has 0 radical (unpaired) electrons. The number of amides is 1. The number of Topliss-reactive ketones (excluding diaryl/α,β-unsaturated/α-hetero) is 1. The van der Waals surface area contributed by atoms with E-state index in [-0.39, 0.29) is 34.6 Å². The number of halogens is 3. The largest absolute Gasteiger partial charge is 0.486 e. The highest BCUT2D eigenvalue weighted by Gasteiger charge is 2.30. The number of aryl methyl sites for hydroxylation is 1. The molecule has 0 spiro atoms. The van der Waals surface area contributed by atoms with Crippen LogP contribution < -0.4 is 10.1 Å². The number of nitrogens with one attached hydrogen (secondary N) is 1. The Hall–Kier alpha value is -2.61. The van der Waals surface area contributed by atoms with E-state index in [1.165, 1.54) is 6.07 Å². The Morgan fingerprint density at radius 2 is 2.00 bits per heavy atom. The fourth-order valence-corrected chi connectivity index (χ4v) is 3.18. The van der Waals surface area contributed by atoms with Crippen molar-refractivity contribution in [2.24, 2.45) is 5.92 Å². The van der Waals surface area contributed by atoms with Crippen LogP contribution in [-0.4, -0.2) is 34.7 Å². The van der Waals surface area contributed by atoms with Crippen molar-refractivity contribution in [3.05, 3.63) is 52.1 Å². The lowest BCUT2D eigenvalue weighted by atomic mass is 10.1. The van der Waals surface area contributed by atoms with Gasteiger partial charge in [-0.2, -0.15) is 0 Å². The number of benzene rings is 1. The summed E-state index contributed by atoms with van der Waals surface area (Å²) in [5, 5.41) is 2.99. The van der Waals surface area contributed by atoms with Crippen LogP contribution in [0.15, 0.2) is 24.3 Å². The Morgan fingerprint density at radius 3 is 2.63 bits per heavy atom. The summed E-state index contributed by atoms with van der Waals surface area (Å²) >= 11 is 6.10. The van der Waals surface area contributed by atoms with Crippen LogP contribution in [-0.2, 0) is 11.2 Å². The van der Waals surface area contributed by atoms with Crippen molar-refractivity contribution in [2.45, 2.75) is 45.6 Å². The SMILES string of the molecule is Cc1cc(C(=O)NC(C)c2ccc(OCC(F)F)c(Cl)c2)nc(CC(=O)C2CC2)n1. The van der Waals surface area contributed by atoms with Crippen molar-refractivity contribution in [1.29, 1.82) is 0 Å². The van der Waals surface area contributed by atoms with Crippen molar-refractivity contribution in [1.82, 2.24) is 15.3 Å². The van der Waals surface area contributed by atoms with Gasteiger partial charge in [-0.15, -0.1) is 0 Å². The second kappa shape index (κ2) is 9.47. The predicted octanol–water partition coefficient (Wildman–Crippen LogP) is 4.09. The average Bonchev–Trinajstić information content (AvgIpc) is 3.51. The van der Waals surface area contributed by atoms with Gasteiger partial charge in [-0.3, -0.25) is 9.59 Å². The number of carbonyl (C=O) groups excluding carboxylic acids is 2. The molecule has 1 atom stereocenters. The monoisotopic (exact) mass is 437 g/mol. The minimum absolute atomic E-state index is 0.101. The van der Waals surface area contributed by atoms with Crippen LogP contribution in [0.5, 0.6) is 5.75 Å². The van der Waals surface area contributed by atoms with Crippen LogP contribution in [0.2, 0.25) is 5.02 Å². The van der Waals surface area contributed by atoms with Gasteiger partial charge in [0.1, 0.15) is 29.7 Å². The molecule has 1 saturated carbocycles. The van der Waals surface area contributed by atoms with Gasteiger partial charge in [0.2, 0.25) is 0 Å². The van der Waals surface area contributed by atoms with E-state index >= 15 is 0 Å².